The average Bonchev–Trinajstić information content (AvgIpc) is 2.51. The molecule has 0 spiro atoms. The Kier molecular flexibility index (Phi) is 6.38. The molecule has 0 aliphatic heterocycles. The Hall–Kier alpha value is -1.27. The number of hydrogen-bond donors (Lipinski definition) is 1. The maximum atomic E-state index is 13.7. The van der Waals surface area contributed by atoms with E-state index in [0.717, 1.165) is 24.3 Å². The van der Waals surface area contributed by atoms with Crippen molar-refractivity contribution in [2.75, 3.05) is 0 Å². The number of nitrogens with two attached hydrogens (primary N) is 1. The molecule has 0 fully saturated rings. The molecule has 8 heteroatoms. The smallest absolute Gasteiger partial charge is 0.326 e. The molecule has 0 aliphatic carbocycles. The summed E-state index contributed by atoms with van der Waals surface area (Å²) in [6.07, 6.45) is -2.50. The third kappa shape index (κ3) is 4.88. The predicted octanol–water partition coefficient (Wildman–Crippen LogP) is 6.60. The van der Waals surface area contributed by atoms with Crippen LogP contribution < -0.4 is 5.73 Å². The van der Waals surface area contributed by atoms with E-state index in [1.165, 1.54) is 18.2 Å². The summed E-state index contributed by atoms with van der Waals surface area (Å²) in [5, 5.41) is -0.174. The van der Waals surface area contributed by atoms with Gasteiger partial charge in [-0.25, -0.2) is 4.39 Å². The van der Waals surface area contributed by atoms with Crippen LogP contribution >= 0.6 is 34.8 Å². The van der Waals surface area contributed by atoms with Crippen molar-refractivity contribution in [1.82, 2.24) is 0 Å². The van der Waals surface area contributed by atoms with Gasteiger partial charge in [0, 0.05) is 12.1 Å². The molecule has 2 rings (SSSR count). The van der Waals surface area contributed by atoms with Gasteiger partial charge in [-0.15, -0.1) is 0 Å². The average molecular weight is 413 g/mol. The summed E-state index contributed by atoms with van der Waals surface area (Å²) in [5.74, 6) is -2.55. The fourth-order valence-corrected chi connectivity index (χ4v) is 2.82. The van der Waals surface area contributed by atoms with Crippen molar-refractivity contribution in [1.29, 1.82) is 0 Å². The maximum absolute atomic E-state index is 13.7. The molecule has 1 nitrogen and oxygen atoms in total. The summed E-state index contributed by atoms with van der Waals surface area (Å²) in [5.41, 5.74) is 5.74. The minimum atomic E-state index is -4.59. The van der Waals surface area contributed by atoms with Crippen LogP contribution in [0.4, 0.5) is 17.6 Å². The lowest BCUT2D eigenvalue weighted by Crippen LogP contribution is -2.19. The highest BCUT2D eigenvalue weighted by Gasteiger charge is 2.39. The largest absolute Gasteiger partial charge is 0.399 e. The van der Waals surface area contributed by atoms with Gasteiger partial charge in [0.25, 0.3) is 0 Å². The second-order valence-electron chi connectivity index (χ2n) is 5.23. The van der Waals surface area contributed by atoms with Crippen LogP contribution in [0, 0.1) is 5.82 Å². The molecule has 134 valence electrons. The lowest BCUT2D eigenvalue weighted by atomic mass is 9.97. The lowest BCUT2D eigenvalue weighted by Gasteiger charge is -2.18. The third-order valence-corrected chi connectivity index (χ3v) is 4.69. The van der Waals surface area contributed by atoms with E-state index in [9.17, 15) is 17.6 Å². The quantitative estimate of drug-likeness (QED) is 0.444. The molecule has 1 unspecified atom stereocenters. The van der Waals surface area contributed by atoms with Crippen LogP contribution in [0.2, 0.25) is 15.1 Å². The minimum Gasteiger partial charge on any atom is -0.326 e. The number of rotatable bonds is 4. The van der Waals surface area contributed by atoms with E-state index >= 15 is 0 Å². The molecule has 0 amide bonds. The van der Waals surface area contributed by atoms with Crippen LogP contribution in [-0.2, 0) is 6.54 Å². The van der Waals surface area contributed by atoms with E-state index < -0.39 is 17.9 Å². The van der Waals surface area contributed by atoms with Gasteiger partial charge in [0.15, 0.2) is 0 Å². The van der Waals surface area contributed by atoms with Crippen molar-refractivity contribution < 1.29 is 17.6 Å². The first-order valence-electron chi connectivity index (χ1n) is 7.01. The van der Waals surface area contributed by atoms with Crippen LogP contribution in [0.1, 0.15) is 22.6 Å². The van der Waals surface area contributed by atoms with Crippen LogP contribution in [0.3, 0.4) is 0 Å². The molecular weight excluding hydrogens is 401 g/mol. The normalized spacial score (nSPS) is 13.4. The first-order chi connectivity index (χ1) is 11.6. The van der Waals surface area contributed by atoms with E-state index in [1.54, 1.807) is 0 Å². The van der Waals surface area contributed by atoms with Crippen LogP contribution in [-0.4, -0.2) is 6.18 Å². The van der Waals surface area contributed by atoms with Gasteiger partial charge in [-0.1, -0.05) is 59.1 Å². The van der Waals surface area contributed by atoms with Gasteiger partial charge in [-0.2, -0.15) is 13.2 Å². The molecule has 0 bridgehead atoms. The van der Waals surface area contributed by atoms with E-state index in [0.29, 0.717) is 0 Å². The summed E-state index contributed by atoms with van der Waals surface area (Å²) in [6.45, 7) is 0.00275. The SMILES string of the molecule is NCc1ccc(/C=C/C(c2cc(Cl)c(Cl)c(Cl)c2)C(F)(F)F)cc1F. The number of hydrogen-bond acceptors (Lipinski definition) is 1. The highest BCUT2D eigenvalue weighted by molar-refractivity contribution is 6.48. The summed E-state index contributed by atoms with van der Waals surface area (Å²) >= 11 is 17.4. The zero-order chi connectivity index (χ0) is 18.8. The number of allylic oxidation sites excluding steroid dienone is 1. The Bertz CT molecular complexity index is 780. The summed E-state index contributed by atoms with van der Waals surface area (Å²) in [7, 11) is 0. The number of benzene rings is 2. The van der Waals surface area contributed by atoms with Crippen molar-refractivity contribution in [3.8, 4) is 0 Å². The fourth-order valence-electron chi connectivity index (χ4n) is 2.20. The first kappa shape index (κ1) is 20.0. The maximum Gasteiger partial charge on any atom is 0.399 e. The second kappa shape index (κ2) is 7.96. The Morgan fingerprint density at radius 3 is 2.12 bits per heavy atom. The van der Waals surface area contributed by atoms with Gasteiger partial charge < -0.3 is 5.73 Å². The lowest BCUT2D eigenvalue weighted by molar-refractivity contribution is -0.139. The van der Waals surface area contributed by atoms with Crippen molar-refractivity contribution in [2.45, 2.75) is 18.6 Å². The Morgan fingerprint density at radius 2 is 1.64 bits per heavy atom. The topological polar surface area (TPSA) is 26.0 Å². The van der Waals surface area contributed by atoms with Crippen molar-refractivity contribution >= 4 is 40.9 Å². The minimum absolute atomic E-state index is 0.00275. The molecule has 0 saturated heterocycles. The summed E-state index contributed by atoms with van der Waals surface area (Å²) in [4.78, 5) is 0. The van der Waals surface area contributed by atoms with Gasteiger partial charge in [-0.05, 0) is 29.3 Å². The number of halogens is 7. The van der Waals surface area contributed by atoms with Gasteiger partial charge in [0.05, 0.1) is 21.0 Å². The van der Waals surface area contributed by atoms with Crippen LogP contribution in [0.5, 0.6) is 0 Å². The monoisotopic (exact) mass is 411 g/mol. The predicted molar refractivity (Wildman–Crippen MR) is 93.6 cm³/mol. The van der Waals surface area contributed by atoms with Crippen LogP contribution in [0.15, 0.2) is 36.4 Å². The molecule has 0 heterocycles. The molecule has 1 atom stereocenters. The van der Waals surface area contributed by atoms with Gasteiger partial charge in [0.1, 0.15) is 5.82 Å². The molecule has 2 aromatic rings. The molecule has 2 N–H and O–H groups in total. The van der Waals surface area contributed by atoms with Gasteiger partial charge in [-0.3, -0.25) is 0 Å². The first-order valence-corrected chi connectivity index (χ1v) is 8.14. The third-order valence-electron chi connectivity index (χ3n) is 3.50. The highest BCUT2D eigenvalue weighted by Crippen LogP contribution is 2.41. The molecule has 0 aliphatic rings. The second-order valence-corrected chi connectivity index (χ2v) is 6.42. The van der Waals surface area contributed by atoms with E-state index in [2.05, 4.69) is 0 Å². The zero-order valence-electron chi connectivity index (χ0n) is 12.5. The van der Waals surface area contributed by atoms with Crippen LogP contribution in [0.25, 0.3) is 6.08 Å². The van der Waals surface area contributed by atoms with E-state index in [1.807, 2.05) is 0 Å². The van der Waals surface area contributed by atoms with Crippen molar-refractivity contribution in [2.24, 2.45) is 5.73 Å². The molecule has 0 aromatic heterocycles. The van der Waals surface area contributed by atoms with Gasteiger partial charge in [0.2, 0.25) is 0 Å². The van der Waals surface area contributed by atoms with Crippen molar-refractivity contribution in [3.05, 3.63) is 74.0 Å². The standard InChI is InChI=1S/C17H12Cl3F4N/c18-13-6-11(7-14(19)16(13)20)12(17(22,23)24)4-2-9-1-3-10(8-25)15(21)5-9/h1-7,12H,8,25H2/b4-2+. The molecule has 2 aromatic carbocycles. The Labute approximate surface area is 157 Å². The van der Waals surface area contributed by atoms with E-state index in [4.69, 9.17) is 40.5 Å². The molecular formula is C17H12Cl3F4N. The summed E-state index contributed by atoms with van der Waals surface area (Å²) in [6, 6.07) is 6.24. The number of alkyl halides is 3. The Balaban J connectivity index is 2.41. The highest BCUT2D eigenvalue weighted by atomic mass is 35.5. The van der Waals surface area contributed by atoms with Crippen molar-refractivity contribution in [3.63, 3.8) is 0 Å². The van der Waals surface area contributed by atoms with E-state index in [-0.39, 0.29) is 38.3 Å². The van der Waals surface area contributed by atoms with Gasteiger partial charge >= 0.3 is 6.18 Å². The zero-order valence-corrected chi connectivity index (χ0v) is 14.8. The molecule has 0 radical (unpaired) electrons. The molecule has 25 heavy (non-hydrogen) atoms. The molecule has 0 saturated carbocycles. The Morgan fingerprint density at radius 1 is 1.04 bits per heavy atom. The fraction of sp³-hybridized carbons (Fsp3) is 0.176. The summed E-state index contributed by atoms with van der Waals surface area (Å²) < 4.78 is 53.9.